The minimum absolute atomic E-state index is 0.118. The van der Waals surface area contributed by atoms with Crippen molar-refractivity contribution in [2.45, 2.75) is 20.0 Å². The summed E-state index contributed by atoms with van der Waals surface area (Å²) in [7, 11) is 0. The number of aromatic nitrogens is 5. The smallest absolute Gasteiger partial charge is 0.319 e. The summed E-state index contributed by atoms with van der Waals surface area (Å²) in [6.07, 6.45) is 2.11. The van der Waals surface area contributed by atoms with Crippen LogP contribution in [0.3, 0.4) is 0 Å². The van der Waals surface area contributed by atoms with E-state index in [1.54, 1.807) is 13.0 Å². The zero-order valence-electron chi connectivity index (χ0n) is 12.9. The summed E-state index contributed by atoms with van der Waals surface area (Å²) in [6, 6.07) is 4.79. The Hall–Kier alpha value is -2.74. The number of ether oxygens (including phenoxy) is 1. The minimum Gasteiger partial charge on any atom is -0.454 e. The van der Waals surface area contributed by atoms with Crippen LogP contribution in [0.5, 0.6) is 6.01 Å². The highest BCUT2D eigenvalue weighted by Crippen LogP contribution is 2.25. The van der Waals surface area contributed by atoms with Gasteiger partial charge in [0.2, 0.25) is 0 Å². The Morgan fingerprint density at radius 3 is 2.79 bits per heavy atom. The van der Waals surface area contributed by atoms with Crippen molar-refractivity contribution in [3.63, 3.8) is 0 Å². The molecule has 3 aromatic rings. The highest BCUT2D eigenvalue weighted by atomic mass is 35.5. The quantitative estimate of drug-likeness (QED) is 0.732. The van der Waals surface area contributed by atoms with Crippen molar-refractivity contribution < 1.29 is 9.13 Å². The molecule has 1 atom stereocenters. The molecule has 0 fully saturated rings. The number of nitrogens with zero attached hydrogens (tertiary/aromatic N) is 4. The number of hydrogen-bond donors (Lipinski definition) is 2. The number of pyridine rings is 1. The second-order valence-electron chi connectivity index (χ2n) is 5.07. The van der Waals surface area contributed by atoms with Crippen LogP contribution in [0, 0.1) is 12.7 Å². The molecule has 0 saturated heterocycles. The lowest BCUT2D eigenvalue weighted by molar-refractivity contribution is 0.203. The molecule has 0 spiro atoms. The van der Waals surface area contributed by atoms with Crippen LogP contribution in [0.4, 0.5) is 16.0 Å². The van der Waals surface area contributed by atoms with E-state index in [4.69, 9.17) is 16.3 Å². The highest BCUT2D eigenvalue weighted by Gasteiger charge is 2.13. The Bertz CT molecular complexity index is 838. The van der Waals surface area contributed by atoms with Gasteiger partial charge >= 0.3 is 6.01 Å². The second-order valence-corrected chi connectivity index (χ2v) is 5.48. The van der Waals surface area contributed by atoms with E-state index in [0.29, 0.717) is 22.4 Å². The SMILES string of the molecule is Cc1cc(Nc2nc(O[C@@H](C)c3ccc(F)cn3)ncc2Cl)n[nH]1. The fraction of sp³-hybridized carbons (Fsp3) is 0.200. The number of anilines is 2. The van der Waals surface area contributed by atoms with Crippen LogP contribution in [-0.4, -0.2) is 25.1 Å². The van der Waals surface area contributed by atoms with Crippen molar-refractivity contribution in [1.82, 2.24) is 25.1 Å². The number of H-pyrrole nitrogens is 1. The molecule has 124 valence electrons. The van der Waals surface area contributed by atoms with Crippen LogP contribution in [-0.2, 0) is 0 Å². The van der Waals surface area contributed by atoms with Crippen LogP contribution >= 0.6 is 11.6 Å². The average Bonchev–Trinajstić information content (AvgIpc) is 2.96. The molecule has 0 aliphatic carbocycles. The van der Waals surface area contributed by atoms with Crippen LogP contribution in [0.15, 0.2) is 30.6 Å². The molecule has 3 heterocycles. The van der Waals surface area contributed by atoms with Crippen molar-refractivity contribution in [3.8, 4) is 6.01 Å². The maximum absolute atomic E-state index is 12.9. The summed E-state index contributed by atoms with van der Waals surface area (Å²) in [5, 5.41) is 10.2. The van der Waals surface area contributed by atoms with E-state index in [2.05, 4.69) is 30.5 Å². The van der Waals surface area contributed by atoms with Gasteiger partial charge in [0.25, 0.3) is 0 Å². The van der Waals surface area contributed by atoms with Crippen molar-refractivity contribution in [3.05, 3.63) is 52.8 Å². The first-order valence-electron chi connectivity index (χ1n) is 7.11. The molecule has 0 aliphatic heterocycles. The second kappa shape index (κ2) is 6.79. The molecule has 7 nitrogen and oxygen atoms in total. The lowest BCUT2D eigenvalue weighted by atomic mass is 10.2. The number of hydrogen-bond acceptors (Lipinski definition) is 6. The lowest BCUT2D eigenvalue weighted by Crippen LogP contribution is -2.08. The van der Waals surface area contributed by atoms with Gasteiger partial charge in [0.1, 0.15) is 16.9 Å². The van der Waals surface area contributed by atoms with Crippen molar-refractivity contribution in [2.24, 2.45) is 0 Å². The molecule has 0 amide bonds. The standard InChI is InChI=1S/C15H14ClFN6O/c1-8-5-13(23-22-8)20-14-11(16)7-19-15(21-14)24-9(2)12-4-3-10(17)6-18-12/h3-7,9H,1-2H3,(H2,19,20,21,22,23)/t9-/m0/s1. The molecule has 9 heteroatoms. The first-order chi connectivity index (χ1) is 11.5. The average molecular weight is 349 g/mol. The lowest BCUT2D eigenvalue weighted by Gasteiger charge is -2.13. The summed E-state index contributed by atoms with van der Waals surface area (Å²) in [5.41, 5.74) is 1.46. The molecule has 24 heavy (non-hydrogen) atoms. The molecule has 0 bridgehead atoms. The topological polar surface area (TPSA) is 88.6 Å². The van der Waals surface area contributed by atoms with Crippen molar-refractivity contribution in [1.29, 1.82) is 0 Å². The summed E-state index contributed by atoms with van der Waals surface area (Å²) >= 11 is 6.09. The molecular formula is C15H14ClFN6O. The van der Waals surface area contributed by atoms with E-state index in [1.807, 2.05) is 13.0 Å². The van der Waals surface area contributed by atoms with E-state index in [-0.39, 0.29) is 6.01 Å². The number of aryl methyl sites for hydroxylation is 1. The number of aromatic amines is 1. The summed E-state index contributed by atoms with van der Waals surface area (Å²) in [4.78, 5) is 12.2. The highest BCUT2D eigenvalue weighted by molar-refractivity contribution is 6.32. The van der Waals surface area contributed by atoms with Gasteiger partial charge in [-0.05, 0) is 26.0 Å². The van der Waals surface area contributed by atoms with Gasteiger partial charge in [-0.3, -0.25) is 10.1 Å². The van der Waals surface area contributed by atoms with Crippen LogP contribution in [0.1, 0.15) is 24.4 Å². The van der Waals surface area contributed by atoms with Crippen LogP contribution < -0.4 is 10.1 Å². The van der Waals surface area contributed by atoms with Gasteiger partial charge < -0.3 is 10.1 Å². The fourth-order valence-electron chi connectivity index (χ4n) is 1.94. The largest absolute Gasteiger partial charge is 0.454 e. The molecule has 0 aromatic carbocycles. The fourth-order valence-corrected chi connectivity index (χ4v) is 2.08. The molecule has 3 rings (SSSR count). The Labute approximate surface area is 142 Å². The van der Waals surface area contributed by atoms with E-state index in [0.717, 1.165) is 11.9 Å². The molecule has 0 unspecified atom stereocenters. The third-order valence-electron chi connectivity index (χ3n) is 3.12. The molecule has 0 aliphatic rings. The monoisotopic (exact) mass is 348 g/mol. The Kier molecular flexibility index (Phi) is 4.57. The Morgan fingerprint density at radius 1 is 1.29 bits per heavy atom. The first-order valence-corrected chi connectivity index (χ1v) is 7.49. The van der Waals surface area contributed by atoms with Crippen LogP contribution in [0.2, 0.25) is 5.02 Å². The van der Waals surface area contributed by atoms with Crippen molar-refractivity contribution in [2.75, 3.05) is 5.32 Å². The molecule has 0 radical (unpaired) electrons. The third-order valence-corrected chi connectivity index (χ3v) is 3.40. The molecule has 3 aromatic heterocycles. The van der Waals surface area contributed by atoms with Crippen LogP contribution in [0.25, 0.3) is 0 Å². The number of halogens is 2. The van der Waals surface area contributed by atoms with Gasteiger partial charge in [-0.1, -0.05) is 11.6 Å². The van der Waals surface area contributed by atoms with E-state index < -0.39 is 11.9 Å². The third kappa shape index (κ3) is 3.77. The van der Waals surface area contributed by atoms with Gasteiger partial charge in [0.15, 0.2) is 11.6 Å². The zero-order valence-corrected chi connectivity index (χ0v) is 13.7. The maximum Gasteiger partial charge on any atom is 0.319 e. The predicted octanol–water partition coefficient (Wildman–Crippen LogP) is 3.58. The zero-order chi connectivity index (χ0) is 17.1. The van der Waals surface area contributed by atoms with Gasteiger partial charge in [-0.2, -0.15) is 10.1 Å². The first kappa shape index (κ1) is 16.1. The Balaban J connectivity index is 1.76. The molecular weight excluding hydrogens is 335 g/mol. The maximum atomic E-state index is 12.9. The normalized spacial score (nSPS) is 12.0. The van der Waals surface area contributed by atoms with E-state index in [1.165, 1.54) is 12.3 Å². The minimum atomic E-state index is -0.452. The number of nitrogens with one attached hydrogen (secondary N) is 2. The van der Waals surface area contributed by atoms with Gasteiger partial charge in [-0.15, -0.1) is 0 Å². The predicted molar refractivity (Wildman–Crippen MR) is 86.9 cm³/mol. The molecule has 2 N–H and O–H groups in total. The van der Waals surface area contributed by atoms with Gasteiger partial charge in [-0.25, -0.2) is 9.37 Å². The summed E-state index contributed by atoms with van der Waals surface area (Å²) in [5.74, 6) is 0.536. The Morgan fingerprint density at radius 2 is 2.12 bits per heavy atom. The molecule has 0 saturated carbocycles. The summed E-state index contributed by atoms with van der Waals surface area (Å²) < 4.78 is 18.6. The van der Waals surface area contributed by atoms with Gasteiger partial charge in [0.05, 0.1) is 18.1 Å². The van der Waals surface area contributed by atoms with E-state index >= 15 is 0 Å². The summed E-state index contributed by atoms with van der Waals surface area (Å²) in [6.45, 7) is 3.65. The number of rotatable bonds is 5. The van der Waals surface area contributed by atoms with E-state index in [9.17, 15) is 4.39 Å². The van der Waals surface area contributed by atoms with Crippen molar-refractivity contribution >= 4 is 23.2 Å². The van der Waals surface area contributed by atoms with Gasteiger partial charge in [0, 0.05) is 11.8 Å².